The smallest absolute Gasteiger partial charge is 0.0202 e. The van der Waals surface area contributed by atoms with Gasteiger partial charge >= 0.3 is 0 Å². The summed E-state index contributed by atoms with van der Waals surface area (Å²) in [7, 11) is 2.00. The predicted octanol–water partition coefficient (Wildman–Crippen LogP) is 4.65. The Balaban J connectivity index is 1.96. The number of rotatable bonds is 4. The second-order valence-electron chi connectivity index (χ2n) is 5.93. The molecule has 3 rings (SSSR count). The molecule has 20 heavy (non-hydrogen) atoms. The molecule has 0 aromatic heterocycles. The third-order valence-corrected chi connectivity index (χ3v) is 4.46. The fraction of sp³-hybridized carbons (Fsp3) is 0.368. The minimum absolute atomic E-state index is 0.802. The molecule has 1 aliphatic carbocycles. The Morgan fingerprint density at radius 2 is 1.95 bits per heavy atom. The first-order chi connectivity index (χ1) is 9.78. The van der Waals surface area contributed by atoms with E-state index in [1.54, 1.807) is 0 Å². The van der Waals surface area contributed by atoms with E-state index >= 15 is 0 Å². The lowest BCUT2D eigenvalue weighted by Gasteiger charge is -2.26. The van der Waals surface area contributed by atoms with Crippen LogP contribution in [-0.4, -0.2) is 7.05 Å². The van der Waals surface area contributed by atoms with E-state index in [1.807, 2.05) is 7.05 Å². The molecule has 0 bridgehead atoms. The van der Waals surface area contributed by atoms with Gasteiger partial charge in [-0.3, -0.25) is 0 Å². The Labute approximate surface area is 122 Å². The second-order valence-corrected chi connectivity index (χ2v) is 5.93. The first kappa shape index (κ1) is 13.4. The molecule has 1 N–H and O–H groups in total. The van der Waals surface area contributed by atoms with Gasteiger partial charge in [-0.1, -0.05) is 42.8 Å². The van der Waals surface area contributed by atoms with Gasteiger partial charge in [0.1, 0.15) is 0 Å². The van der Waals surface area contributed by atoms with Crippen LogP contribution >= 0.6 is 0 Å². The van der Waals surface area contributed by atoms with Crippen molar-refractivity contribution in [2.75, 3.05) is 7.05 Å². The molecule has 0 amide bonds. The molecule has 1 nitrogen and oxygen atoms in total. The fourth-order valence-corrected chi connectivity index (χ4v) is 3.00. The van der Waals surface area contributed by atoms with Crippen molar-refractivity contribution in [3.05, 3.63) is 59.2 Å². The van der Waals surface area contributed by atoms with Crippen LogP contribution in [0, 0.1) is 6.92 Å². The van der Waals surface area contributed by atoms with Gasteiger partial charge in [0.05, 0.1) is 0 Å². The Morgan fingerprint density at radius 1 is 1.10 bits per heavy atom. The largest absolute Gasteiger partial charge is 0.316 e. The topological polar surface area (TPSA) is 12.0 Å². The van der Waals surface area contributed by atoms with Crippen LogP contribution in [0.3, 0.4) is 0 Å². The minimum atomic E-state index is 0.802. The third-order valence-electron chi connectivity index (χ3n) is 4.46. The van der Waals surface area contributed by atoms with Gasteiger partial charge in [-0.2, -0.15) is 0 Å². The van der Waals surface area contributed by atoms with Gasteiger partial charge in [0.2, 0.25) is 0 Å². The second kappa shape index (κ2) is 5.80. The van der Waals surface area contributed by atoms with Gasteiger partial charge in [0.15, 0.2) is 0 Å². The molecule has 0 aliphatic heterocycles. The van der Waals surface area contributed by atoms with E-state index in [0.29, 0.717) is 0 Å². The highest BCUT2D eigenvalue weighted by Crippen LogP contribution is 2.38. The molecule has 1 heteroatoms. The van der Waals surface area contributed by atoms with Crippen molar-refractivity contribution in [1.82, 2.24) is 5.32 Å². The van der Waals surface area contributed by atoms with Crippen molar-refractivity contribution >= 4 is 0 Å². The van der Waals surface area contributed by atoms with E-state index in [4.69, 9.17) is 0 Å². The number of nitrogens with one attached hydrogen (secondary N) is 1. The maximum Gasteiger partial charge on any atom is 0.0202 e. The van der Waals surface area contributed by atoms with Crippen molar-refractivity contribution < 1.29 is 0 Å². The summed E-state index contributed by atoms with van der Waals surface area (Å²) in [6.45, 7) is 3.13. The zero-order valence-electron chi connectivity index (χ0n) is 12.4. The zero-order valence-corrected chi connectivity index (χ0v) is 12.4. The van der Waals surface area contributed by atoms with Crippen LogP contribution < -0.4 is 5.32 Å². The van der Waals surface area contributed by atoms with Crippen molar-refractivity contribution in [2.45, 2.75) is 38.6 Å². The number of benzene rings is 2. The van der Waals surface area contributed by atoms with Gasteiger partial charge in [-0.05, 0) is 66.6 Å². The summed E-state index contributed by atoms with van der Waals surface area (Å²) < 4.78 is 0. The molecule has 1 saturated carbocycles. The monoisotopic (exact) mass is 265 g/mol. The predicted molar refractivity (Wildman–Crippen MR) is 86.0 cm³/mol. The van der Waals surface area contributed by atoms with Crippen molar-refractivity contribution in [2.24, 2.45) is 0 Å². The highest BCUT2D eigenvalue weighted by atomic mass is 14.8. The summed E-state index contributed by atoms with van der Waals surface area (Å²) in [6, 6.07) is 15.9. The van der Waals surface area contributed by atoms with Crippen molar-refractivity contribution in [3.63, 3.8) is 0 Å². The highest BCUT2D eigenvalue weighted by Gasteiger charge is 2.19. The summed E-state index contributed by atoms with van der Waals surface area (Å²) in [6.07, 6.45) is 4.12. The molecule has 0 atom stereocenters. The van der Waals surface area contributed by atoms with Crippen LogP contribution in [0.4, 0.5) is 0 Å². The van der Waals surface area contributed by atoms with Crippen LogP contribution in [-0.2, 0) is 6.54 Å². The average Bonchev–Trinajstić information content (AvgIpc) is 2.40. The van der Waals surface area contributed by atoms with E-state index < -0.39 is 0 Å². The van der Waals surface area contributed by atoms with Gasteiger partial charge in [-0.25, -0.2) is 0 Å². The molecule has 0 radical (unpaired) electrons. The lowest BCUT2D eigenvalue weighted by molar-refractivity contribution is 0.420. The molecule has 0 heterocycles. The van der Waals surface area contributed by atoms with Crippen LogP contribution in [0.1, 0.15) is 41.9 Å². The maximum absolute atomic E-state index is 3.23. The first-order valence-corrected chi connectivity index (χ1v) is 7.62. The quantitative estimate of drug-likeness (QED) is 0.848. The standard InChI is InChI=1S/C19H23N/c1-14-9-10-15(13-20-2)11-19(14)18-8-4-7-17(12-18)16-5-3-6-16/h4,7-12,16,20H,3,5-6,13H2,1-2H3. The molecular weight excluding hydrogens is 242 g/mol. The Morgan fingerprint density at radius 3 is 2.65 bits per heavy atom. The highest BCUT2D eigenvalue weighted by molar-refractivity contribution is 5.68. The van der Waals surface area contributed by atoms with Crippen LogP contribution in [0.25, 0.3) is 11.1 Å². The molecule has 104 valence electrons. The van der Waals surface area contributed by atoms with E-state index in [1.165, 1.54) is 47.1 Å². The Hall–Kier alpha value is -1.60. The third kappa shape index (κ3) is 2.64. The summed E-state index contributed by atoms with van der Waals surface area (Å²) >= 11 is 0. The fourth-order valence-electron chi connectivity index (χ4n) is 3.00. The molecule has 1 aliphatic rings. The number of hydrogen-bond donors (Lipinski definition) is 1. The summed E-state index contributed by atoms with van der Waals surface area (Å²) in [5, 5.41) is 3.23. The molecule has 0 saturated heterocycles. The molecule has 2 aromatic carbocycles. The zero-order chi connectivity index (χ0) is 13.9. The number of aryl methyl sites for hydroxylation is 1. The van der Waals surface area contributed by atoms with E-state index in [0.717, 1.165) is 12.5 Å². The number of hydrogen-bond acceptors (Lipinski definition) is 1. The van der Waals surface area contributed by atoms with Crippen LogP contribution in [0.2, 0.25) is 0 Å². The summed E-state index contributed by atoms with van der Waals surface area (Å²) in [5.41, 5.74) is 6.97. The molecule has 0 unspecified atom stereocenters. The summed E-state index contributed by atoms with van der Waals surface area (Å²) in [4.78, 5) is 0. The Kier molecular flexibility index (Phi) is 3.88. The molecule has 0 spiro atoms. The summed E-state index contributed by atoms with van der Waals surface area (Å²) in [5.74, 6) is 0.802. The average molecular weight is 265 g/mol. The molecule has 2 aromatic rings. The van der Waals surface area contributed by atoms with E-state index in [-0.39, 0.29) is 0 Å². The minimum Gasteiger partial charge on any atom is -0.316 e. The van der Waals surface area contributed by atoms with E-state index in [2.05, 4.69) is 54.7 Å². The van der Waals surface area contributed by atoms with Crippen molar-refractivity contribution in [3.8, 4) is 11.1 Å². The molecular formula is C19H23N. The van der Waals surface area contributed by atoms with Crippen molar-refractivity contribution in [1.29, 1.82) is 0 Å². The van der Waals surface area contributed by atoms with Gasteiger partial charge in [-0.15, -0.1) is 0 Å². The van der Waals surface area contributed by atoms with Gasteiger partial charge in [0, 0.05) is 6.54 Å². The van der Waals surface area contributed by atoms with Crippen LogP contribution in [0.5, 0.6) is 0 Å². The SMILES string of the molecule is CNCc1ccc(C)c(-c2cccc(C3CCC3)c2)c1. The van der Waals surface area contributed by atoms with Crippen LogP contribution in [0.15, 0.2) is 42.5 Å². The van der Waals surface area contributed by atoms with Gasteiger partial charge < -0.3 is 5.32 Å². The Bertz CT molecular complexity index is 596. The lowest BCUT2D eigenvalue weighted by atomic mass is 9.79. The normalized spacial score (nSPS) is 15.1. The van der Waals surface area contributed by atoms with Gasteiger partial charge in [0.25, 0.3) is 0 Å². The lowest BCUT2D eigenvalue weighted by Crippen LogP contribution is -2.08. The molecule has 1 fully saturated rings. The first-order valence-electron chi connectivity index (χ1n) is 7.62. The van der Waals surface area contributed by atoms with E-state index in [9.17, 15) is 0 Å². The maximum atomic E-state index is 3.23.